The molecule has 0 aliphatic heterocycles. The molecule has 5 nitrogen and oxygen atoms in total. The minimum absolute atomic E-state index is 0.178. The van der Waals surface area contributed by atoms with E-state index >= 15 is 0 Å². The number of hydrogen-bond donors (Lipinski definition) is 1. The number of carbonyl (C=O) groups excluding carboxylic acids is 1. The summed E-state index contributed by atoms with van der Waals surface area (Å²) in [6.45, 7) is 5.20. The highest BCUT2D eigenvalue weighted by atomic mass is 16.5. The van der Waals surface area contributed by atoms with E-state index in [0.29, 0.717) is 30.1 Å². The van der Waals surface area contributed by atoms with E-state index in [1.54, 1.807) is 12.3 Å². The lowest BCUT2D eigenvalue weighted by molar-refractivity contribution is 0.101. The summed E-state index contributed by atoms with van der Waals surface area (Å²) in [6, 6.07) is 19.3. The molecule has 28 heavy (non-hydrogen) atoms. The highest BCUT2D eigenvalue weighted by Crippen LogP contribution is 2.24. The Morgan fingerprint density at radius 2 is 1.82 bits per heavy atom. The molecule has 0 radical (unpaired) electrons. The van der Waals surface area contributed by atoms with E-state index in [9.17, 15) is 4.79 Å². The number of nitrogens with one attached hydrogen (secondary N) is 1. The molecule has 2 heterocycles. The maximum Gasteiger partial charge on any atom is 0.272 e. The molecule has 0 aliphatic carbocycles. The number of aromatic nitrogens is 1. The number of anilines is 1. The molecule has 1 N–H and O–H groups in total. The van der Waals surface area contributed by atoms with Gasteiger partial charge in [0.25, 0.3) is 5.91 Å². The summed E-state index contributed by atoms with van der Waals surface area (Å²) in [5.74, 6) is 0.600. The van der Waals surface area contributed by atoms with Crippen LogP contribution in [0.2, 0.25) is 0 Å². The molecule has 0 saturated heterocycles. The van der Waals surface area contributed by atoms with Crippen molar-refractivity contribution in [3.8, 4) is 5.75 Å². The van der Waals surface area contributed by atoms with E-state index in [-0.39, 0.29) is 5.91 Å². The Morgan fingerprint density at radius 3 is 2.54 bits per heavy atom. The van der Waals surface area contributed by atoms with Crippen molar-refractivity contribution in [1.29, 1.82) is 0 Å². The van der Waals surface area contributed by atoms with Crippen LogP contribution in [-0.2, 0) is 6.54 Å². The summed E-state index contributed by atoms with van der Waals surface area (Å²) in [4.78, 5) is 13.0. The minimum Gasteiger partial charge on any atom is -0.494 e. The predicted octanol–water partition coefficient (Wildman–Crippen LogP) is 5.24. The summed E-state index contributed by atoms with van der Waals surface area (Å²) < 4.78 is 12.9. The predicted molar refractivity (Wildman–Crippen MR) is 110 cm³/mol. The fraction of sp³-hybridized carbons (Fsp3) is 0.174. The third-order valence-corrected chi connectivity index (χ3v) is 4.64. The Labute approximate surface area is 163 Å². The number of furan rings is 1. The van der Waals surface area contributed by atoms with Crippen LogP contribution in [0.15, 0.2) is 71.3 Å². The number of ether oxygens (including phenoxy) is 1. The molecule has 2 aromatic carbocycles. The van der Waals surface area contributed by atoms with Gasteiger partial charge in [0.2, 0.25) is 0 Å². The van der Waals surface area contributed by atoms with Crippen molar-refractivity contribution in [2.24, 2.45) is 0 Å². The average molecular weight is 374 g/mol. The lowest BCUT2D eigenvalue weighted by Gasteiger charge is -2.11. The number of benzene rings is 2. The van der Waals surface area contributed by atoms with Gasteiger partial charge in [0.15, 0.2) is 5.58 Å². The molecule has 0 bridgehead atoms. The minimum atomic E-state index is -0.178. The third kappa shape index (κ3) is 3.64. The van der Waals surface area contributed by atoms with E-state index in [4.69, 9.17) is 9.15 Å². The number of amides is 1. The Kier molecular flexibility index (Phi) is 4.89. The topological polar surface area (TPSA) is 56.4 Å². The molecule has 0 unspecified atom stereocenters. The molecular formula is C23H22N2O3. The van der Waals surface area contributed by atoms with Crippen LogP contribution in [0.25, 0.3) is 11.1 Å². The van der Waals surface area contributed by atoms with E-state index < -0.39 is 0 Å². The fourth-order valence-corrected chi connectivity index (χ4v) is 3.21. The van der Waals surface area contributed by atoms with Gasteiger partial charge in [0.05, 0.1) is 18.4 Å². The van der Waals surface area contributed by atoms with Crippen molar-refractivity contribution in [1.82, 2.24) is 4.57 Å². The average Bonchev–Trinajstić information content (AvgIpc) is 3.28. The molecule has 5 heteroatoms. The van der Waals surface area contributed by atoms with Crippen molar-refractivity contribution in [2.45, 2.75) is 20.4 Å². The van der Waals surface area contributed by atoms with Crippen LogP contribution < -0.4 is 10.1 Å². The van der Waals surface area contributed by atoms with Crippen molar-refractivity contribution >= 4 is 22.7 Å². The molecule has 4 rings (SSSR count). The second kappa shape index (κ2) is 7.64. The highest BCUT2D eigenvalue weighted by molar-refractivity contribution is 6.05. The third-order valence-electron chi connectivity index (χ3n) is 4.64. The van der Waals surface area contributed by atoms with Crippen LogP contribution in [0.5, 0.6) is 5.75 Å². The van der Waals surface area contributed by atoms with Crippen LogP contribution in [0.1, 0.15) is 28.5 Å². The first-order valence-corrected chi connectivity index (χ1v) is 9.30. The molecule has 2 aromatic heterocycles. The number of hydrogen-bond acceptors (Lipinski definition) is 3. The van der Waals surface area contributed by atoms with Crippen LogP contribution in [-0.4, -0.2) is 17.1 Å². The Morgan fingerprint density at radius 1 is 1.07 bits per heavy atom. The van der Waals surface area contributed by atoms with Crippen LogP contribution in [0, 0.1) is 6.92 Å². The van der Waals surface area contributed by atoms with E-state index in [0.717, 1.165) is 16.8 Å². The zero-order chi connectivity index (χ0) is 19.5. The zero-order valence-electron chi connectivity index (χ0n) is 15.9. The van der Waals surface area contributed by atoms with Crippen LogP contribution in [0.4, 0.5) is 5.69 Å². The number of nitrogens with zero attached hydrogens (tertiary/aromatic N) is 1. The van der Waals surface area contributed by atoms with Crippen molar-refractivity contribution < 1.29 is 13.9 Å². The summed E-state index contributed by atoms with van der Waals surface area (Å²) in [6.07, 6.45) is 1.64. The van der Waals surface area contributed by atoms with E-state index in [2.05, 4.69) is 36.5 Å². The molecule has 0 atom stereocenters. The van der Waals surface area contributed by atoms with Crippen molar-refractivity contribution in [3.05, 3.63) is 83.7 Å². The first-order chi connectivity index (χ1) is 13.6. The molecule has 0 saturated carbocycles. The second-order valence-electron chi connectivity index (χ2n) is 6.68. The SMILES string of the molecule is CCOc1ccc(NC(=O)c2cc3occc3n2Cc2ccc(C)cc2)cc1. The van der Waals surface area contributed by atoms with E-state index in [1.165, 1.54) is 5.56 Å². The molecule has 0 aliphatic rings. The van der Waals surface area contributed by atoms with Gasteiger partial charge < -0.3 is 19.0 Å². The number of aryl methyl sites for hydroxylation is 1. The number of rotatable bonds is 6. The van der Waals surface area contributed by atoms with Gasteiger partial charge >= 0.3 is 0 Å². The van der Waals surface area contributed by atoms with Gasteiger partial charge in [-0.1, -0.05) is 29.8 Å². The normalized spacial score (nSPS) is 10.9. The fourth-order valence-electron chi connectivity index (χ4n) is 3.21. The van der Waals surface area contributed by atoms with Gasteiger partial charge in [-0.05, 0) is 43.7 Å². The molecule has 142 valence electrons. The van der Waals surface area contributed by atoms with Gasteiger partial charge in [0.1, 0.15) is 11.4 Å². The molecule has 0 fully saturated rings. The molecular weight excluding hydrogens is 352 g/mol. The smallest absolute Gasteiger partial charge is 0.272 e. The molecule has 1 amide bonds. The second-order valence-corrected chi connectivity index (χ2v) is 6.68. The van der Waals surface area contributed by atoms with Gasteiger partial charge in [-0.2, -0.15) is 0 Å². The van der Waals surface area contributed by atoms with Crippen LogP contribution >= 0.6 is 0 Å². The Bertz CT molecular complexity index is 1090. The Hall–Kier alpha value is -3.47. The lowest BCUT2D eigenvalue weighted by atomic mass is 10.1. The standard InChI is InChI=1S/C23H22N2O3/c1-3-27-19-10-8-18(9-11-19)24-23(26)21-14-22-20(12-13-28-22)25(21)15-17-6-4-16(2)5-7-17/h4-14H,3,15H2,1-2H3,(H,24,26). The van der Waals surface area contributed by atoms with E-state index in [1.807, 2.05) is 41.8 Å². The van der Waals surface area contributed by atoms with Gasteiger partial charge in [0, 0.05) is 24.4 Å². The quantitative estimate of drug-likeness (QED) is 0.502. The number of carbonyl (C=O) groups is 1. The maximum absolute atomic E-state index is 13.0. The maximum atomic E-state index is 13.0. The first kappa shape index (κ1) is 17.9. The highest BCUT2D eigenvalue weighted by Gasteiger charge is 2.18. The summed E-state index contributed by atoms with van der Waals surface area (Å²) in [5, 5.41) is 2.96. The zero-order valence-corrected chi connectivity index (χ0v) is 15.9. The van der Waals surface area contributed by atoms with Crippen LogP contribution in [0.3, 0.4) is 0 Å². The summed E-state index contributed by atoms with van der Waals surface area (Å²) >= 11 is 0. The number of fused-ring (bicyclic) bond motifs is 1. The Balaban J connectivity index is 1.61. The molecule has 0 spiro atoms. The summed E-state index contributed by atoms with van der Waals surface area (Å²) in [7, 11) is 0. The van der Waals surface area contributed by atoms with Gasteiger partial charge in [-0.15, -0.1) is 0 Å². The molecule has 4 aromatic rings. The van der Waals surface area contributed by atoms with Crippen molar-refractivity contribution in [3.63, 3.8) is 0 Å². The summed E-state index contributed by atoms with van der Waals surface area (Å²) in [5.41, 5.74) is 5.20. The van der Waals surface area contributed by atoms with Crippen molar-refractivity contribution in [2.75, 3.05) is 11.9 Å². The largest absolute Gasteiger partial charge is 0.494 e. The van der Waals surface area contributed by atoms with Gasteiger partial charge in [-0.25, -0.2) is 0 Å². The first-order valence-electron chi connectivity index (χ1n) is 9.30. The lowest BCUT2D eigenvalue weighted by Crippen LogP contribution is -2.17. The van der Waals surface area contributed by atoms with Gasteiger partial charge in [-0.3, -0.25) is 4.79 Å². The monoisotopic (exact) mass is 374 g/mol.